The van der Waals surface area contributed by atoms with Crippen molar-refractivity contribution in [1.29, 1.82) is 0 Å². The summed E-state index contributed by atoms with van der Waals surface area (Å²) < 4.78 is 11.6. The topological polar surface area (TPSA) is 75.8 Å². The lowest BCUT2D eigenvalue weighted by molar-refractivity contribution is 0.459. The van der Waals surface area contributed by atoms with Crippen molar-refractivity contribution in [2.75, 3.05) is 0 Å². The van der Waals surface area contributed by atoms with Crippen LogP contribution in [0.15, 0.2) is 170 Å². The van der Waals surface area contributed by atoms with E-state index in [1.807, 2.05) is 121 Å². The van der Waals surface area contributed by atoms with Crippen molar-refractivity contribution in [3.05, 3.63) is 170 Å². The zero-order valence-electron chi connectivity index (χ0n) is 26.5. The van der Waals surface area contributed by atoms with E-state index in [0.717, 1.165) is 67.8 Å². The number of aromatic nitrogens is 4. The zero-order valence-corrected chi connectivity index (χ0v) is 26.5. The molecular weight excluding hydrogens is 603 g/mol. The molecule has 7 heteroatoms. The molecule has 0 aliphatic carbocycles. The van der Waals surface area contributed by atoms with Crippen molar-refractivity contribution in [2.45, 2.75) is 0 Å². The van der Waals surface area contributed by atoms with E-state index in [9.17, 15) is 0 Å². The molecule has 0 fully saturated rings. The van der Waals surface area contributed by atoms with Crippen molar-refractivity contribution in [3.63, 3.8) is 0 Å². The first-order chi connectivity index (χ1) is 24.3. The molecular formula is C42H30BN4O2. The van der Waals surface area contributed by atoms with Crippen molar-refractivity contribution in [2.24, 2.45) is 0 Å². The summed E-state index contributed by atoms with van der Waals surface area (Å²) in [5.74, 6) is 2.87. The minimum atomic E-state index is 0.649. The molecule has 0 bridgehead atoms. The summed E-state index contributed by atoms with van der Waals surface area (Å²) in [7, 11) is 1.34. The van der Waals surface area contributed by atoms with Gasteiger partial charge in [0.1, 0.15) is 23.1 Å². The minimum Gasteiger partial charge on any atom is -0.526 e. The Morgan fingerprint density at radius 3 is 1.02 bits per heavy atom. The molecule has 2 aromatic heterocycles. The number of aromatic amines is 2. The maximum absolute atomic E-state index is 5.80. The second-order valence-corrected chi connectivity index (χ2v) is 11.5. The Labute approximate surface area is 285 Å². The van der Waals surface area contributed by atoms with Crippen LogP contribution in [0.5, 0.6) is 11.5 Å². The lowest BCUT2D eigenvalue weighted by Gasteiger charge is -2.07. The largest absolute Gasteiger partial charge is 0.658 e. The molecule has 0 unspecified atom stereocenters. The van der Waals surface area contributed by atoms with Gasteiger partial charge < -0.3 is 19.3 Å². The van der Waals surface area contributed by atoms with E-state index in [-0.39, 0.29) is 0 Å². The van der Waals surface area contributed by atoms with Crippen LogP contribution in [0.1, 0.15) is 0 Å². The molecule has 8 aromatic rings. The van der Waals surface area contributed by atoms with Gasteiger partial charge in [-0.25, -0.2) is 9.97 Å². The fraction of sp³-hybridized carbons (Fsp3) is 0. The van der Waals surface area contributed by atoms with Gasteiger partial charge >= 0.3 is 7.69 Å². The summed E-state index contributed by atoms with van der Waals surface area (Å²) in [6.07, 6.45) is 0. The molecule has 0 atom stereocenters. The highest BCUT2D eigenvalue weighted by atomic mass is 16.6. The van der Waals surface area contributed by atoms with Crippen molar-refractivity contribution >= 4 is 7.69 Å². The molecule has 233 valence electrons. The van der Waals surface area contributed by atoms with Gasteiger partial charge in [0.25, 0.3) is 0 Å². The maximum atomic E-state index is 5.80. The number of hydrogen-bond acceptors (Lipinski definition) is 4. The second-order valence-electron chi connectivity index (χ2n) is 11.5. The monoisotopic (exact) mass is 633 g/mol. The Balaban J connectivity index is 0.943. The van der Waals surface area contributed by atoms with Gasteiger partial charge in [-0.1, -0.05) is 121 Å². The Kier molecular flexibility index (Phi) is 8.29. The second kappa shape index (κ2) is 13.6. The Morgan fingerprint density at radius 1 is 0.347 bits per heavy atom. The van der Waals surface area contributed by atoms with Gasteiger partial charge in [0.05, 0.1) is 22.8 Å². The smallest absolute Gasteiger partial charge is 0.526 e. The molecule has 0 saturated carbocycles. The number of rotatable bonds is 10. The molecule has 49 heavy (non-hydrogen) atoms. The van der Waals surface area contributed by atoms with Crippen LogP contribution in [-0.2, 0) is 0 Å². The molecule has 0 spiro atoms. The molecule has 1 radical (unpaired) electrons. The van der Waals surface area contributed by atoms with E-state index in [0.29, 0.717) is 11.5 Å². The summed E-state index contributed by atoms with van der Waals surface area (Å²) in [6, 6.07) is 56.5. The van der Waals surface area contributed by atoms with E-state index < -0.39 is 0 Å². The van der Waals surface area contributed by atoms with Crippen LogP contribution >= 0.6 is 0 Å². The number of benzene rings is 6. The first-order valence-corrected chi connectivity index (χ1v) is 16.1. The van der Waals surface area contributed by atoms with E-state index in [2.05, 4.69) is 58.5 Å². The first-order valence-electron chi connectivity index (χ1n) is 16.1. The standard InChI is InChI=1S/C42H30BN4O2/c1-5-13-29(14-6-1)37-38(30-15-7-2-8-16-30)45-41(44-37)33-21-25-35(26-22-33)48-43-49-36-27-23-34(24-28-36)42-46-39(31-17-9-3-10-18-31)40(47-42)32-19-11-4-12-20-32/h1-28H,(H,44,45)(H,46,47). The Morgan fingerprint density at radius 2 is 0.673 bits per heavy atom. The minimum absolute atomic E-state index is 0.649. The molecule has 0 amide bonds. The van der Waals surface area contributed by atoms with Crippen molar-refractivity contribution < 1.29 is 9.31 Å². The van der Waals surface area contributed by atoms with Crippen LogP contribution in [0.3, 0.4) is 0 Å². The van der Waals surface area contributed by atoms with Crippen LogP contribution in [-0.4, -0.2) is 27.6 Å². The van der Waals surface area contributed by atoms with Gasteiger partial charge in [0.2, 0.25) is 0 Å². The predicted molar refractivity (Wildman–Crippen MR) is 197 cm³/mol. The highest BCUT2D eigenvalue weighted by Gasteiger charge is 2.17. The zero-order chi connectivity index (χ0) is 32.8. The number of nitrogens with zero attached hydrogens (tertiary/aromatic N) is 2. The number of hydrogen-bond donors (Lipinski definition) is 2. The lowest BCUT2D eigenvalue weighted by atomic mass is 10.1. The summed E-state index contributed by atoms with van der Waals surface area (Å²) in [4.78, 5) is 17.1. The molecule has 0 aliphatic rings. The summed E-state index contributed by atoms with van der Waals surface area (Å²) in [5.41, 5.74) is 9.97. The molecule has 6 nitrogen and oxygen atoms in total. The van der Waals surface area contributed by atoms with Crippen LogP contribution in [0, 0.1) is 0 Å². The van der Waals surface area contributed by atoms with Crippen LogP contribution in [0.4, 0.5) is 0 Å². The molecule has 8 rings (SSSR count). The van der Waals surface area contributed by atoms with E-state index in [1.54, 1.807) is 0 Å². The van der Waals surface area contributed by atoms with Crippen molar-refractivity contribution in [1.82, 2.24) is 19.9 Å². The third-order valence-electron chi connectivity index (χ3n) is 8.25. The fourth-order valence-corrected chi connectivity index (χ4v) is 5.78. The molecule has 2 heterocycles. The van der Waals surface area contributed by atoms with E-state index >= 15 is 0 Å². The average molecular weight is 634 g/mol. The fourth-order valence-electron chi connectivity index (χ4n) is 5.78. The number of nitrogens with one attached hydrogen (secondary N) is 2. The first kappa shape index (κ1) is 29.8. The third-order valence-corrected chi connectivity index (χ3v) is 8.25. The van der Waals surface area contributed by atoms with Crippen molar-refractivity contribution in [3.8, 4) is 79.3 Å². The van der Waals surface area contributed by atoms with Gasteiger partial charge in [-0.2, -0.15) is 0 Å². The molecule has 0 saturated heterocycles. The van der Waals surface area contributed by atoms with Crippen LogP contribution in [0.25, 0.3) is 67.8 Å². The molecule has 2 N–H and O–H groups in total. The van der Waals surface area contributed by atoms with Gasteiger partial charge in [0.15, 0.2) is 0 Å². The summed E-state index contributed by atoms with van der Waals surface area (Å²) in [6.45, 7) is 0. The number of imidazole rings is 2. The Hall–Kier alpha value is -6.60. The van der Waals surface area contributed by atoms with Gasteiger partial charge in [-0.3, -0.25) is 0 Å². The SMILES string of the molecule is [B](Oc1ccc(-c2nc(-c3ccccc3)c(-c3ccccc3)[nH]2)cc1)Oc1ccc(-c2nc(-c3ccccc3)c(-c3ccccc3)[nH]2)cc1. The molecule has 0 aliphatic heterocycles. The number of H-pyrrole nitrogens is 2. The highest BCUT2D eigenvalue weighted by Crippen LogP contribution is 2.35. The third kappa shape index (κ3) is 6.51. The van der Waals surface area contributed by atoms with E-state index in [1.165, 1.54) is 7.69 Å². The normalized spacial score (nSPS) is 10.9. The molecule has 6 aromatic carbocycles. The maximum Gasteiger partial charge on any atom is 0.658 e. The van der Waals surface area contributed by atoms with Gasteiger partial charge in [0, 0.05) is 33.4 Å². The summed E-state index contributed by atoms with van der Waals surface area (Å²) >= 11 is 0. The highest BCUT2D eigenvalue weighted by molar-refractivity contribution is 6.20. The lowest BCUT2D eigenvalue weighted by Crippen LogP contribution is -2.10. The Bertz CT molecular complexity index is 1990. The van der Waals surface area contributed by atoms with Gasteiger partial charge in [-0.15, -0.1) is 0 Å². The van der Waals surface area contributed by atoms with Gasteiger partial charge in [-0.05, 0) is 48.5 Å². The average Bonchev–Trinajstić information content (AvgIpc) is 3.83. The van der Waals surface area contributed by atoms with Crippen LogP contribution < -0.4 is 9.31 Å². The summed E-state index contributed by atoms with van der Waals surface area (Å²) in [5, 5.41) is 0. The quantitative estimate of drug-likeness (QED) is 0.147. The van der Waals surface area contributed by atoms with E-state index in [4.69, 9.17) is 19.3 Å². The van der Waals surface area contributed by atoms with Crippen LogP contribution in [0.2, 0.25) is 0 Å². The predicted octanol–water partition coefficient (Wildman–Crippen LogP) is 10.1.